The monoisotopic (exact) mass is 185 g/mol. The highest BCUT2D eigenvalue weighted by atomic mass is 16.6. The van der Waals surface area contributed by atoms with Gasteiger partial charge in [-0.1, -0.05) is 6.58 Å². The van der Waals surface area contributed by atoms with E-state index in [1.54, 1.807) is 6.92 Å². The Bertz CT molecular complexity index is 249. The lowest BCUT2D eigenvalue weighted by Gasteiger charge is -2.13. The number of nitrogens with zero attached hydrogens (tertiary/aromatic N) is 1. The lowest BCUT2D eigenvalue weighted by atomic mass is 10.4. The Morgan fingerprint density at radius 2 is 2.46 bits per heavy atom. The van der Waals surface area contributed by atoms with E-state index in [1.807, 2.05) is 0 Å². The van der Waals surface area contributed by atoms with Crippen molar-refractivity contribution in [1.29, 1.82) is 0 Å². The first-order valence-electron chi connectivity index (χ1n) is 3.97. The van der Waals surface area contributed by atoms with Crippen LogP contribution in [0, 0.1) is 0 Å². The topological polar surface area (TPSA) is 55.8 Å². The number of hydrogen-bond acceptors (Lipinski definition) is 4. The normalized spacial score (nSPS) is 15.5. The Hall–Kier alpha value is -1.52. The van der Waals surface area contributed by atoms with Crippen molar-refractivity contribution < 1.29 is 19.1 Å². The van der Waals surface area contributed by atoms with Crippen LogP contribution in [0.5, 0.6) is 0 Å². The van der Waals surface area contributed by atoms with Gasteiger partial charge in [-0.25, -0.2) is 9.59 Å². The molecule has 0 aromatic carbocycles. The largest absolute Gasteiger partial charge is 0.461 e. The lowest BCUT2D eigenvalue weighted by molar-refractivity contribution is -0.139. The molecule has 5 nitrogen and oxygen atoms in total. The number of cyclic esters (lactones) is 1. The SMILES string of the molecule is C=C(C(=O)OCC)N1CCOC1=O. The zero-order valence-electron chi connectivity index (χ0n) is 7.41. The molecule has 0 aliphatic carbocycles. The first-order chi connectivity index (χ1) is 6.16. The molecule has 1 amide bonds. The van der Waals surface area contributed by atoms with E-state index < -0.39 is 12.1 Å². The van der Waals surface area contributed by atoms with Gasteiger partial charge in [0.1, 0.15) is 12.3 Å². The highest BCUT2D eigenvalue weighted by Gasteiger charge is 2.28. The van der Waals surface area contributed by atoms with E-state index in [2.05, 4.69) is 16.1 Å². The number of ether oxygens (including phenoxy) is 2. The van der Waals surface area contributed by atoms with Gasteiger partial charge in [0, 0.05) is 0 Å². The predicted molar refractivity (Wildman–Crippen MR) is 43.8 cm³/mol. The Morgan fingerprint density at radius 1 is 1.77 bits per heavy atom. The van der Waals surface area contributed by atoms with Crippen LogP contribution in [-0.4, -0.2) is 36.7 Å². The molecular weight excluding hydrogens is 174 g/mol. The number of esters is 1. The molecule has 0 saturated carbocycles. The molecule has 13 heavy (non-hydrogen) atoms. The van der Waals surface area contributed by atoms with Crippen LogP contribution in [0.1, 0.15) is 6.92 Å². The van der Waals surface area contributed by atoms with Crippen LogP contribution in [0.3, 0.4) is 0 Å². The minimum absolute atomic E-state index is 0.0318. The molecule has 0 aromatic rings. The third-order valence-corrected chi connectivity index (χ3v) is 1.60. The summed E-state index contributed by atoms with van der Waals surface area (Å²) in [6, 6.07) is 0. The zero-order chi connectivity index (χ0) is 9.84. The third kappa shape index (κ3) is 1.99. The second-order valence-electron chi connectivity index (χ2n) is 2.43. The number of carbonyl (C=O) groups excluding carboxylic acids is 2. The third-order valence-electron chi connectivity index (χ3n) is 1.60. The summed E-state index contributed by atoms with van der Waals surface area (Å²) in [5.41, 5.74) is 0.0318. The van der Waals surface area contributed by atoms with Gasteiger partial charge in [-0.2, -0.15) is 0 Å². The summed E-state index contributed by atoms with van der Waals surface area (Å²) >= 11 is 0. The second kappa shape index (κ2) is 3.93. The number of hydrogen-bond donors (Lipinski definition) is 0. The first-order valence-corrected chi connectivity index (χ1v) is 3.97. The maximum atomic E-state index is 11.1. The lowest BCUT2D eigenvalue weighted by Crippen LogP contribution is -2.28. The van der Waals surface area contributed by atoms with Gasteiger partial charge in [-0.05, 0) is 6.92 Å². The molecule has 0 spiro atoms. The van der Waals surface area contributed by atoms with E-state index in [0.717, 1.165) is 4.90 Å². The molecule has 0 atom stereocenters. The fourth-order valence-electron chi connectivity index (χ4n) is 0.963. The van der Waals surface area contributed by atoms with Crippen LogP contribution < -0.4 is 0 Å². The summed E-state index contributed by atoms with van der Waals surface area (Å²) in [5, 5.41) is 0. The van der Waals surface area contributed by atoms with Gasteiger partial charge in [0.2, 0.25) is 0 Å². The smallest absolute Gasteiger partial charge is 0.414 e. The highest BCUT2D eigenvalue weighted by Crippen LogP contribution is 2.11. The van der Waals surface area contributed by atoms with Crippen molar-refractivity contribution in [3.05, 3.63) is 12.3 Å². The van der Waals surface area contributed by atoms with Crippen molar-refractivity contribution in [2.75, 3.05) is 19.8 Å². The van der Waals surface area contributed by atoms with Crippen LogP contribution in [0.15, 0.2) is 12.3 Å². The number of amides is 1. The average Bonchev–Trinajstić information content (AvgIpc) is 2.50. The molecular formula is C8H11NO4. The van der Waals surface area contributed by atoms with Crippen LogP contribution >= 0.6 is 0 Å². The fourth-order valence-corrected chi connectivity index (χ4v) is 0.963. The fraction of sp³-hybridized carbons (Fsp3) is 0.500. The molecule has 1 saturated heterocycles. The highest BCUT2D eigenvalue weighted by molar-refractivity contribution is 5.92. The molecule has 0 aromatic heterocycles. The van der Waals surface area contributed by atoms with Crippen molar-refractivity contribution in [2.45, 2.75) is 6.92 Å². The predicted octanol–water partition coefficient (Wildman–Crippen LogP) is 0.515. The second-order valence-corrected chi connectivity index (χ2v) is 2.43. The van der Waals surface area contributed by atoms with E-state index in [1.165, 1.54) is 0 Å². The molecule has 1 aliphatic heterocycles. The van der Waals surface area contributed by atoms with Crippen LogP contribution in [0.4, 0.5) is 4.79 Å². The van der Waals surface area contributed by atoms with Crippen molar-refractivity contribution in [1.82, 2.24) is 4.90 Å². The Balaban J connectivity index is 2.56. The quantitative estimate of drug-likeness (QED) is 0.475. The van der Waals surface area contributed by atoms with Crippen molar-refractivity contribution in [2.24, 2.45) is 0 Å². The average molecular weight is 185 g/mol. The van der Waals surface area contributed by atoms with Crippen molar-refractivity contribution in [3.63, 3.8) is 0 Å². The molecule has 0 radical (unpaired) electrons. The standard InChI is InChI=1S/C8H11NO4/c1-3-12-7(10)6(2)9-4-5-13-8(9)11/h2-5H2,1H3. The van der Waals surface area contributed by atoms with E-state index in [4.69, 9.17) is 0 Å². The van der Waals surface area contributed by atoms with E-state index in [-0.39, 0.29) is 18.9 Å². The Morgan fingerprint density at radius 3 is 2.92 bits per heavy atom. The first kappa shape index (κ1) is 9.57. The summed E-state index contributed by atoms with van der Waals surface area (Å²) in [7, 11) is 0. The molecule has 1 aliphatic rings. The van der Waals surface area contributed by atoms with Gasteiger partial charge in [-0.15, -0.1) is 0 Å². The molecule has 0 N–H and O–H groups in total. The van der Waals surface area contributed by atoms with Gasteiger partial charge in [-0.3, -0.25) is 4.90 Å². The molecule has 0 bridgehead atoms. The van der Waals surface area contributed by atoms with Gasteiger partial charge >= 0.3 is 12.1 Å². The molecule has 0 unspecified atom stereocenters. The maximum Gasteiger partial charge on any atom is 0.414 e. The Labute approximate surface area is 75.9 Å². The molecule has 1 rings (SSSR count). The van der Waals surface area contributed by atoms with Gasteiger partial charge in [0.25, 0.3) is 0 Å². The van der Waals surface area contributed by atoms with Gasteiger partial charge in [0.05, 0.1) is 13.2 Å². The van der Waals surface area contributed by atoms with Gasteiger partial charge < -0.3 is 9.47 Å². The summed E-state index contributed by atoms with van der Waals surface area (Å²) < 4.78 is 9.31. The van der Waals surface area contributed by atoms with Crippen molar-refractivity contribution >= 4 is 12.1 Å². The molecule has 1 fully saturated rings. The van der Waals surface area contributed by atoms with Crippen LogP contribution in [0.2, 0.25) is 0 Å². The summed E-state index contributed by atoms with van der Waals surface area (Å²) in [4.78, 5) is 23.2. The maximum absolute atomic E-state index is 11.1. The number of rotatable bonds is 3. The number of carbonyl (C=O) groups is 2. The summed E-state index contributed by atoms with van der Waals surface area (Å²) in [5.74, 6) is -0.582. The summed E-state index contributed by atoms with van der Waals surface area (Å²) in [6.45, 7) is 6.06. The minimum Gasteiger partial charge on any atom is -0.461 e. The summed E-state index contributed by atoms with van der Waals surface area (Å²) in [6.07, 6.45) is -0.543. The van der Waals surface area contributed by atoms with E-state index in [0.29, 0.717) is 6.54 Å². The molecule has 5 heteroatoms. The molecule has 72 valence electrons. The van der Waals surface area contributed by atoms with Crippen LogP contribution in [-0.2, 0) is 14.3 Å². The molecule has 1 heterocycles. The minimum atomic E-state index is -0.582. The Kier molecular flexibility index (Phi) is 2.89. The van der Waals surface area contributed by atoms with E-state index in [9.17, 15) is 9.59 Å². The van der Waals surface area contributed by atoms with Crippen molar-refractivity contribution in [3.8, 4) is 0 Å². The zero-order valence-corrected chi connectivity index (χ0v) is 7.41. The van der Waals surface area contributed by atoms with Crippen LogP contribution in [0.25, 0.3) is 0 Å². The van der Waals surface area contributed by atoms with E-state index >= 15 is 0 Å². The van der Waals surface area contributed by atoms with Gasteiger partial charge in [0.15, 0.2) is 0 Å².